The van der Waals surface area contributed by atoms with Crippen LogP contribution in [0.3, 0.4) is 0 Å². The van der Waals surface area contributed by atoms with E-state index in [4.69, 9.17) is 0 Å². The van der Waals surface area contributed by atoms with Crippen molar-refractivity contribution in [3.63, 3.8) is 0 Å². The lowest BCUT2D eigenvalue weighted by molar-refractivity contribution is 0.504. The first-order chi connectivity index (χ1) is 7.95. The van der Waals surface area contributed by atoms with Gasteiger partial charge in [-0.3, -0.25) is 0 Å². The molecule has 0 radical (unpaired) electrons. The molecule has 0 aliphatic carbocycles. The summed E-state index contributed by atoms with van der Waals surface area (Å²) in [6.45, 7) is 6.83. The first-order valence-corrected chi connectivity index (χ1v) is 7.94. The molecule has 1 unspecified atom stereocenters. The molecular formula is C14H21Br2N. The third-order valence-corrected chi connectivity index (χ3v) is 4.40. The van der Waals surface area contributed by atoms with Crippen molar-refractivity contribution in [2.45, 2.75) is 38.6 Å². The number of rotatable bonds is 5. The van der Waals surface area contributed by atoms with E-state index in [1.165, 1.54) is 22.1 Å². The lowest BCUT2D eigenvalue weighted by atomic mass is 10.0. The molecule has 0 saturated carbocycles. The van der Waals surface area contributed by atoms with E-state index < -0.39 is 0 Å². The van der Waals surface area contributed by atoms with Crippen molar-refractivity contribution in [1.29, 1.82) is 0 Å². The maximum absolute atomic E-state index is 3.62. The fraction of sp³-hybridized carbons (Fsp3) is 0.571. The molecule has 1 nitrogen and oxygen atoms in total. The Morgan fingerprint density at radius 1 is 1.24 bits per heavy atom. The van der Waals surface area contributed by atoms with Crippen molar-refractivity contribution in [2.24, 2.45) is 5.92 Å². The van der Waals surface area contributed by atoms with E-state index in [9.17, 15) is 0 Å². The maximum Gasteiger partial charge on any atom is 0.0377 e. The van der Waals surface area contributed by atoms with Crippen molar-refractivity contribution in [3.05, 3.63) is 28.2 Å². The number of hydrogen-bond acceptors (Lipinski definition) is 1. The molecule has 0 aliphatic rings. The summed E-state index contributed by atoms with van der Waals surface area (Å²) in [5, 5.41) is 0.888. The van der Waals surface area contributed by atoms with Crippen molar-refractivity contribution < 1.29 is 0 Å². The molecule has 3 heteroatoms. The lowest BCUT2D eigenvalue weighted by Crippen LogP contribution is -2.30. The molecule has 0 amide bonds. The predicted octanol–water partition coefficient (Wildman–Crippen LogP) is 5.21. The van der Waals surface area contributed by atoms with E-state index in [0.29, 0.717) is 6.04 Å². The van der Waals surface area contributed by atoms with E-state index >= 15 is 0 Å². The smallest absolute Gasteiger partial charge is 0.0377 e. The number of anilines is 1. The average Bonchev–Trinajstić information content (AvgIpc) is 2.27. The first kappa shape index (κ1) is 15.0. The predicted molar refractivity (Wildman–Crippen MR) is 84.1 cm³/mol. The van der Waals surface area contributed by atoms with E-state index in [1.54, 1.807) is 0 Å². The van der Waals surface area contributed by atoms with Gasteiger partial charge in [0, 0.05) is 28.6 Å². The van der Waals surface area contributed by atoms with Crippen LogP contribution in [0.15, 0.2) is 22.7 Å². The van der Waals surface area contributed by atoms with Gasteiger partial charge in [0.15, 0.2) is 0 Å². The zero-order valence-corrected chi connectivity index (χ0v) is 14.2. The summed E-state index contributed by atoms with van der Waals surface area (Å²) in [7, 11) is 2.17. The fourth-order valence-corrected chi connectivity index (χ4v) is 3.33. The summed E-state index contributed by atoms with van der Waals surface area (Å²) in [6.07, 6.45) is 1.22. The van der Waals surface area contributed by atoms with E-state index in [2.05, 4.69) is 82.8 Å². The van der Waals surface area contributed by atoms with Crippen LogP contribution in [-0.2, 0) is 5.33 Å². The summed E-state index contributed by atoms with van der Waals surface area (Å²) >= 11 is 7.11. The first-order valence-electron chi connectivity index (χ1n) is 6.03. The third-order valence-electron chi connectivity index (χ3n) is 3.06. The van der Waals surface area contributed by atoms with Gasteiger partial charge in [0.2, 0.25) is 0 Å². The van der Waals surface area contributed by atoms with Crippen LogP contribution >= 0.6 is 31.9 Å². The SMILES string of the molecule is CC(C)CC(C)N(C)c1ccc(CBr)c(Br)c1. The van der Waals surface area contributed by atoms with Gasteiger partial charge in [-0.15, -0.1) is 0 Å². The molecule has 1 aromatic rings. The summed E-state index contributed by atoms with van der Waals surface area (Å²) in [4.78, 5) is 2.35. The van der Waals surface area contributed by atoms with Crippen LogP contribution in [0.1, 0.15) is 32.8 Å². The maximum atomic E-state index is 3.62. The van der Waals surface area contributed by atoms with Crippen LogP contribution in [0.5, 0.6) is 0 Å². The number of halogens is 2. The Morgan fingerprint density at radius 3 is 2.35 bits per heavy atom. The highest BCUT2D eigenvalue weighted by Crippen LogP contribution is 2.27. The minimum absolute atomic E-state index is 0.566. The van der Waals surface area contributed by atoms with Crippen LogP contribution < -0.4 is 4.90 Å². The molecule has 1 atom stereocenters. The molecule has 0 heterocycles. The normalized spacial score (nSPS) is 12.9. The van der Waals surface area contributed by atoms with Crippen molar-refractivity contribution in [1.82, 2.24) is 0 Å². The summed E-state index contributed by atoms with van der Waals surface area (Å²) in [6, 6.07) is 7.13. The van der Waals surface area contributed by atoms with Crippen LogP contribution in [0.25, 0.3) is 0 Å². The average molecular weight is 363 g/mol. The van der Waals surface area contributed by atoms with Crippen LogP contribution in [0.4, 0.5) is 5.69 Å². The largest absolute Gasteiger partial charge is 0.372 e. The molecule has 0 spiro atoms. The number of nitrogens with zero attached hydrogens (tertiary/aromatic N) is 1. The molecule has 0 fully saturated rings. The molecule has 1 rings (SSSR count). The van der Waals surface area contributed by atoms with Gasteiger partial charge in [0.05, 0.1) is 0 Å². The Bertz CT molecular complexity index is 363. The zero-order chi connectivity index (χ0) is 13.0. The molecular weight excluding hydrogens is 342 g/mol. The summed E-state index contributed by atoms with van der Waals surface area (Å²) in [5.74, 6) is 0.734. The van der Waals surface area contributed by atoms with Crippen molar-refractivity contribution >= 4 is 37.5 Å². The molecule has 96 valence electrons. The highest BCUT2D eigenvalue weighted by atomic mass is 79.9. The van der Waals surface area contributed by atoms with Gasteiger partial charge in [0.25, 0.3) is 0 Å². The van der Waals surface area contributed by atoms with Crippen molar-refractivity contribution in [3.8, 4) is 0 Å². The summed E-state index contributed by atoms with van der Waals surface area (Å²) in [5.41, 5.74) is 2.56. The Morgan fingerprint density at radius 2 is 1.88 bits per heavy atom. The van der Waals surface area contributed by atoms with E-state index in [0.717, 1.165) is 11.2 Å². The highest BCUT2D eigenvalue weighted by Gasteiger charge is 2.12. The van der Waals surface area contributed by atoms with Crippen LogP contribution in [-0.4, -0.2) is 13.1 Å². The zero-order valence-electron chi connectivity index (χ0n) is 11.0. The molecule has 0 saturated heterocycles. The van der Waals surface area contributed by atoms with Crippen LogP contribution in [0.2, 0.25) is 0 Å². The lowest BCUT2D eigenvalue weighted by Gasteiger charge is -2.28. The van der Waals surface area contributed by atoms with E-state index in [-0.39, 0.29) is 0 Å². The highest BCUT2D eigenvalue weighted by molar-refractivity contribution is 9.10. The molecule has 0 aromatic heterocycles. The summed E-state index contributed by atoms with van der Waals surface area (Å²) < 4.78 is 1.18. The van der Waals surface area contributed by atoms with Gasteiger partial charge >= 0.3 is 0 Å². The van der Waals surface area contributed by atoms with Crippen LogP contribution in [0, 0.1) is 5.92 Å². The van der Waals surface area contributed by atoms with Gasteiger partial charge in [-0.2, -0.15) is 0 Å². The standard InChI is InChI=1S/C14H21Br2N/c1-10(2)7-11(3)17(4)13-6-5-12(9-15)14(16)8-13/h5-6,8,10-11H,7,9H2,1-4H3. The minimum Gasteiger partial charge on any atom is -0.372 e. The molecule has 17 heavy (non-hydrogen) atoms. The Labute approximate surface area is 122 Å². The van der Waals surface area contributed by atoms with E-state index in [1.807, 2.05) is 0 Å². The van der Waals surface area contributed by atoms with Gasteiger partial charge < -0.3 is 4.90 Å². The Kier molecular flexibility index (Phi) is 6.01. The second kappa shape index (κ2) is 6.79. The minimum atomic E-state index is 0.566. The Hall–Kier alpha value is -0.0200. The fourth-order valence-electron chi connectivity index (χ4n) is 1.96. The van der Waals surface area contributed by atoms with Gasteiger partial charge in [-0.1, -0.05) is 51.8 Å². The third kappa shape index (κ3) is 4.29. The number of benzene rings is 1. The number of hydrogen-bond donors (Lipinski definition) is 0. The quantitative estimate of drug-likeness (QED) is 0.649. The molecule has 0 N–H and O–H groups in total. The van der Waals surface area contributed by atoms with Gasteiger partial charge in [-0.25, -0.2) is 0 Å². The van der Waals surface area contributed by atoms with Gasteiger partial charge in [0.1, 0.15) is 0 Å². The molecule has 1 aromatic carbocycles. The second-order valence-corrected chi connectivity index (χ2v) is 6.41. The number of alkyl halides is 1. The monoisotopic (exact) mass is 361 g/mol. The second-order valence-electron chi connectivity index (χ2n) is 5.00. The Balaban J connectivity index is 2.82. The van der Waals surface area contributed by atoms with Crippen molar-refractivity contribution in [2.75, 3.05) is 11.9 Å². The van der Waals surface area contributed by atoms with Gasteiger partial charge in [-0.05, 0) is 37.0 Å². The molecule has 0 aliphatic heterocycles. The molecule has 0 bridgehead atoms. The topological polar surface area (TPSA) is 3.24 Å².